The van der Waals surface area contributed by atoms with Gasteiger partial charge in [-0.05, 0) is 44.7 Å². The summed E-state index contributed by atoms with van der Waals surface area (Å²) in [5.41, 5.74) is 1.16. The van der Waals surface area contributed by atoms with Gasteiger partial charge in [0.25, 0.3) is 0 Å². The van der Waals surface area contributed by atoms with Crippen molar-refractivity contribution in [2.45, 2.75) is 33.1 Å². The molecule has 23 heavy (non-hydrogen) atoms. The number of hydrogen-bond acceptors (Lipinski definition) is 3. The summed E-state index contributed by atoms with van der Waals surface area (Å²) in [7, 11) is 0. The molecule has 0 aliphatic carbocycles. The first kappa shape index (κ1) is 22.4. The maximum absolute atomic E-state index is 5.78. The Bertz CT molecular complexity index is 429. The van der Waals surface area contributed by atoms with E-state index in [1.165, 1.54) is 0 Å². The van der Waals surface area contributed by atoms with Crippen LogP contribution in [0.4, 0.5) is 0 Å². The van der Waals surface area contributed by atoms with Gasteiger partial charge < -0.3 is 15.4 Å². The lowest BCUT2D eigenvalue weighted by Gasteiger charge is -2.11. The van der Waals surface area contributed by atoms with E-state index in [1.807, 2.05) is 25.3 Å². The number of nitrogens with zero attached hydrogens (tertiary/aromatic N) is 2. The second-order valence-electron chi connectivity index (χ2n) is 4.83. The lowest BCUT2D eigenvalue weighted by Crippen LogP contribution is -2.38. The van der Waals surface area contributed by atoms with Crippen molar-refractivity contribution >= 4 is 41.5 Å². The molecule has 1 aromatic heterocycles. The summed E-state index contributed by atoms with van der Waals surface area (Å²) in [4.78, 5) is 8.64. The van der Waals surface area contributed by atoms with Gasteiger partial charge in [-0.15, -0.1) is 24.0 Å². The van der Waals surface area contributed by atoms with Crippen molar-refractivity contribution in [2.24, 2.45) is 4.99 Å². The normalized spacial score (nSPS) is 11.0. The molecule has 0 aliphatic rings. The Morgan fingerprint density at radius 1 is 1.26 bits per heavy atom. The van der Waals surface area contributed by atoms with Crippen molar-refractivity contribution in [3.05, 3.63) is 29.0 Å². The van der Waals surface area contributed by atoms with Gasteiger partial charge in [-0.3, -0.25) is 4.99 Å². The Balaban J connectivity index is 0.00000484. The van der Waals surface area contributed by atoms with Crippen molar-refractivity contribution in [3.8, 4) is 0 Å². The Hall–Kier alpha value is -0.600. The highest BCUT2D eigenvalue weighted by Gasteiger charge is 1.98. The molecular weight excluding hydrogens is 427 g/mol. The van der Waals surface area contributed by atoms with Crippen LogP contribution in [0.15, 0.2) is 23.3 Å². The van der Waals surface area contributed by atoms with E-state index in [0.717, 1.165) is 63.6 Å². The van der Waals surface area contributed by atoms with E-state index in [1.54, 1.807) is 0 Å². The van der Waals surface area contributed by atoms with Crippen molar-refractivity contribution < 1.29 is 4.74 Å². The largest absolute Gasteiger partial charge is 0.382 e. The van der Waals surface area contributed by atoms with Crippen molar-refractivity contribution in [3.63, 3.8) is 0 Å². The van der Waals surface area contributed by atoms with Gasteiger partial charge in [0.05, 0.1) is 0 Å². The predicted octanol–water partition coefficient (Wildman–Crippen LogP) is 3.27. The Morgan fingerprint density at radius 3 is 2.74 bits per heavy atom. The molecule has 0 fully saturated rings. The number of pyridine rings is 1. The minimum absolute atomic E-state index is 0. The van der Waals surface area contributed by atoms with Gasteiger partial charge in [-0.2, -0.15) is 0 Å². The fourth-order valence-electron chi connectivity index (χ4n) is 1.87. The van der Waals surface area contributed by atoms with Crippen molar-refractivity contribution in [1.29, 1.82) is 0 Å². The molecule has 0 radical (unpaired) electrons. The quantitative estimate of drug-likeness (QED) is 0.187. The number of ether oxygens (including phenoxy) is 1. The van der Waals surface area contributed by atoms with Crippen LogP contribution in [0.5, 0.6) is 0 Å². The van der Waals surface area contributed by atoms with Crippen LogP contribution in [0.25, 0.3) is 0 Å². The highest BCUT2D eigenvalue weighted by Crippen LogP contribution is 2.05. The van der Waals surface area contributed by atoms with Gasteiger partial charge >= 0.3 is 0 Å². The van der Waals surface area contributed by atoms with Crippen LogP contribution in [0.3, 0.4) is 0 Å². The van der Waals surface area contributed by atoms with Crippen molar-refractivity contribution in [2.75, 3.05) is 32.8 Å². The molecule has 1 rings (SSSR count). The molecule has 0 atom stereocenters. The predicted molar refractivity (Wildman–Crippen MR) is 108 cm³/mol. The number of aliphatic imine (C=N–C) groups is 1. The summed E-state index contributed by atoms with van der Waals surface area (Å²) in [6.45, 7) is 8.16. The number of aromatic nitrogens is 1. The summed E-state index contributed by atoms with van der Waals surface area (Å²) < 4.78 is 5.32. The molecule has 0 spiro atoms. The molecule has 0 saturated carbocycles. The highest BCUT2D eigenvalue weighted by molar-refractivity contribution is 14.0. The van der Waals surface area contributed by atoms with Gasteiger partial charge in [0, 0.05) is 39.0 Å². The smallest absolute Gasteiger partial charge is 0.191 e. The topological polar surface area (TPSA) is 58.5 Å². The number of halogens is 2. The maximum atomic E-state index is 5.78. The standard InChI is InChI=1S/C16H27ClN4O.HI/c1-3-18-16(19-10-5-6-12-22-4-2)20-11-9-14-7-8-15(17)21-13-14;/h7-8,13H,3-6,9-12H2,1-2H3,(H2,18,19,20);1H. The molecule has 0 aliphatic heterocycles. The first-order valence-electron chi connectivity index (χ1n) is 7.96. The van der Waals surface area contributed by atoms with Gasteiger partial charge in [0.1, 0.15) is 5.15 Å². The number of nitrogens with one attached hydrogen (secondary N) is 2. The summed E-state index contributed by atoms with van der Waals surface area (Å²) in [6, 6.07) is 3.81. The second-order valence-corrected chi connectivity index (χ2v) is 5.22. The van der Waals surface area contributed by atoms with E-state index in [-0.39, 0.29) is 24.0 Å². The summed E-state index contributed by atoms with van der Waals surface area (Å²) >= 11 is 5.78. The lowest BCUT2D eigenvalue weighted by molar-refractivity contribution is 0.144. The van der Waals surface area contributed by atoms with E-state index in [9.17, 15) is 0 Å². The van der Waals surface area contributed by atoms with E-state index >= 15 is 0 Å². The summed E-state index contributed by atoms with van der Waals surface area (Å²) in [6.07, 6.45) is 4.78. The third-order valence-corrected chi connectivity index (χ3v) is 3.23. The zero-order valence-corrected chi connectivity index (χ0v) is 17.1. The third kappa shape index (κ3) is 11.6. The molecule has 7 heteroatoms. The number of hydrogen-bond donors (Lipinski definition) is 2. The first-order valence-corrected chi connectivity index (χ1v) is 8.34. The first-order chi connectivity index (χ1) is 10.8. The van der Waals surface area contributed by atoms with Crippen LogP contribution < -0.4 is 10.6 Å². The molecule has 0 aromatic carbocycles. The average Bonchev–Trinajstić information content (AvgIpc) is 2.52. The van der Waals surface area contributed by atoms with Gasteiger partial charge in [0.15, 0.2) is 5.96 Å². The van der Waals surface area contributed by atoms with Crippen LogP contribution in [0, 0.1) is 0 Å². The average molecular weight is 455 g/mol. The third-order valence-electron chi connectivity index (χ3n) is 3.01. The number of unbranched alkanes of at least 4 members (excludes halogenated alkanes) is 1. The molecule has 0 saturated heterocycles. The number of rotatable bonds is 10. The molecule has 1 aromatic rings. The Labute approximate surface area is 161 Å². The molecule has 2 N–H and O–H groups in total. The molecule has 1 heterocycles. The van der Waals surface area contributed by atoms with E-state index in [0.29, 0.717) is 5.15 Å². The van der Waals surface area contributed by atoms with Crippen LogP contribution in [0.1, 0.15) is 32.3 Å². The maximum Gasteiger partial charge on any atom is 0.191 e. The number of guanidine groups is 1. The Kier molecular flexibility index (Phi) is 14.6. The van der Waals surface area contributed by atoms with E-state index < -0.39 is 0 Å². The fourth-order valence-corrected chi connectivity index (χ4v) is 1.98. The van der Waals surface area contributed by atoms with Crippen LogP contribution in [0.2, 0.25) is 5.15 Å². The summed E-state index contributed by atoms with van der Waals surface area (Å²) in [5.74, 6) is 0.862. The van der Waals surface area contributed by atoms with Gasteiger partial charge in [-0.1, -0.05) is 17.7 Å². The SMILES string of the molecule is CCNC(=NCCCCOCC)NCCc1ccc(Cl)nc1.I. The van der Waals surface area contributed by atoms with Crippen molar-refractivity contribution in [1.82, 2.24) is 15.6 Å². The van der Waals surface area contributed by atoms with Crippen LogP contribution in [-0.2, 0) is 11.2 Å². The Morgan fingerprint density at radius 2 is 2.09 bits per heavy atom. The van der Waals surface area contributed by atoms with E-state index in [2.05, 4.69) is 27.5 Å². The molecule has 5 nitrogen and oxygen atoms in total. The minimum Gasteiger partial charge on any atom is -0.382 e. The fraction of sp³-hybridized carbons (Fsp3) is 0.625. The minimum atomic E-state index is 0. The van der Waals surface area contributed by atoms with Gasteiger partial charge in [-0.25, -0.2) is 4.98 Å². The molecule has 0 amide bonds. The van der Waals surface area contributed by atoms with Crippen LogP contribution >= 0.6 is 35.6 Å². The van der Waals surface area contributed by atoms with Gasteiger partial charge in [0.2, 0.25) is 0 Å². The van der Waals surface area contributed by atoms with E-state index in [4.69, 9.17) is 16.3 Å². The zero-order chi connectivity index (χ0) is 16.0. The van der Waals surface area contributed by atoms with Crippen LogP contribution in [-0.4, -0.2) is 43.8 Å². The molecule has 132 valence electrons. The molecular formula is C16H28ClIN4O. The lowest BCUT2D eigenvalue weighted by atomic mass is 10.2. The summed E-state index contributed by atoms with van der Waals surface area (Å²) in [5, 5.41) is 7.11. The second kappa shape index (κ2) is 15.0. The molecule has 0 unspecified atom stereocenters. The monoisotopic (exact) mass is 454 g/mol. The zero-order valence-electron chi connectivity index (χ0n) is 14.0. The highest BCUT2D eigenvalue weighted by atomic mass is 127. The molecule has 0 bridgehead atoms.